The summed E-state index contributed by atoms with van der Waals surface area (Å²) in [4.78, 5) is 6.72. The number of nitrogens with two attached hydrogens (primary N) is 1. The molecule has 2 aromatic rings. The van der Waals surface area contributed by atoms with Gasteiger partial charge in [-0.3, -0.25) is 0 Å². The van der Waals surface area contributed by atoms with Crippen LogP contribution in [0.15, 0.2) is 18.5 Å². The molecule has 0 radical (unpaired) electrons. The van der Waals surface area contributed by atoms with Gasteiger partial charge in [0.2, 0.25) is 0 Å². The van der Waals surface area contributed by atoms with Crippen LogP contribution in [0.5, 0.6) is 0 Å². The number of aryl methyl sites for hydroxylation is 1. The molecule has 0 amide bonds. The summed E-state index contributed by atoms with van der Waals surface area (Å²) in [6, 6.07) is 4.80. The van der Waals surface area contributed by atoms with Crippen molar-refractivity contribution >= 4 is 11.5 Å². The maximum Gasteiger partial charge on any atom is 0.157 e. The average Bonchev–Trinajstić information content (AvgIpc) is 2.96. The highest BCUT2D eigenvalue weighted by Gasteiger charge is 2.26. The van der Waals surface area contributed by atoms with Crippen LogP contribution in [0, 0.1) is 6.92 Å². The van der Waals surface area contributed by atoms with Crippen molar-refractivity contribution in [2.24, 2.45) is 5.73 Å². The van der Waals surface area contributed by atoms with E-state index in [-0.39, 0.29) is 0 Å². The molecular formula is C13H19N5. The second kappa shape index (κ2) is 4.57. The molecule has 3 rings (SSSR count). The zero-order chi connectivity index (χ0) is 12.5. The van der Waals surface area contributed by atoms with Gasteiger partial charge in [0.1, 0.15) is 12.1 Å². The maximum absolute atomic E-state index is 5.71. The molecule has 0 saturated carbocycles. The summed E-state index contributed by atoms with van der Waals surface area (Å²) >= 11 is 0. The van der Waals surface area contributed by atoms with Crippen LogP contribution in [-0.4, -0.2) is 33.7 Å². The van der Waals surface area contributed by atoms with Crippen LogP contribution in [0.1, 0.15) is 24.8 Å². The normalized spacial score (nSPS) is 19.9. The van der Waals surface area contributed by atoms with Crippen molar-refractivity contribution in [1.82, 2.24) is 14.6 Å². The average molecular weight is 245 g/mol. The third-order valence-electron chi connectivity index (χ3n) is 3.68. The molecule has 0 spiro atoms. The van der Waals surface area contributed by atoms with E-state index >= 15 is 0 Å². The Morgan fingerprint density at radius 3 is 3.17 bits per heavy atom. The third kappa shape index (κ3) is 1.84. The van der Waals surface area contributed by atoms with E-state index in [0.717, 1.165) is 31.0 Å². The summed E-state index contributed by atoms with van der Waals surface area (Å²) in [5.41, 5.74) is 7.86. The van der Waals surface area contributed by atoms with Gasteiger partial charge >= 0.3 is 0 Å². The van der Waals surface area contributed by atoms with E-state index in [0.29, 0.717) is 6.04 Å². The zero-order valence-corrected chi connectivity index (χ0v) is 10.7. The Morgan fingerprint density at radius 2 is 2.33 bits per heavy atom. The molecule has 1 aliphatic heterocycles. The van der Waals surface area contributed by atoms with Crippen molar-refractivity contribution in [1.29, 1.82) is 0 Å². The first-order valence-corrected chi connectivity index (χ1v) is 6.56. The van der Waals surface area contributed by atoms with E-state index in [9.17, 15) is 0 Å². The second-order valence-electron chi connectivity index (χ2n) is 4.99. The molecule has 1 aliphatic rings. The third-order valence-corrected chi connectivity index (χ3v) is 3.68. The van der Waals surface area contributed by atoms with Crippen LogP contribution in [0.2, 0.25) is 0 Å². The van der Waals surface area contributed by atoms with E-state index in [1.165, 1.54) is 18.4 Å². The predicted octanol–water partition coefficient (Wildman–Crippen LogP) is 1.36. The number of aromatic nitrogens is 3. The van der Waals surface area contributed by atoms with Gasteiger partial charge in [-0.25, -0.2) is 4.98 Å². The zero-order valence-electron chi connectivity index (χ0n) is 10.7. The number of hydrogen-bond donors (Lipinski definition) is 1. The van der Waals surface area contributed by atoms with Crippen LogP contribution in [0.3, 0.4) is 0 Å². The molecule has 1 fully saturated rings. The van der Waals surface area contributed by atoms with E-state index in [4.69, 9.17) is 5.73 Å². The van der Waals surface area contributed by atoms with E-state index in [1.54, 1.807) is 6.33 Å². The lowest BCUT2D eigenvalue weighted by atomic mass is 10.1. The van der Waals surface area contributed by atoms with Crippen molar-refractivity contribution in [2.45, 2.75) is 32.2 Å². The second-order valence-corrected chi connectivity index (χ2v) is 4.99. The van der Waals surface area contributed by atoms with E-state index in [1.807, 2.05) is 4.52 Å². The lowest BCUT2D eigenvalue weighted by Crippen LogP contribution is -2.32. The number of fused-ring (bicyclic) bond motifs is 1. The number of rotatable bonds is 3. The van der Waals surface area contributed by atoms with Gasteiger partial charge in [-0.15, -0.1) is 0 Å². The monoisotopic (exact) mass is 245 g/mol. The van der Waals surface area contributed by atoms with Gasteiger partial charge in [0.15, 0.2) is 5.65 Å². The molecule has 96 valence electrons. The summed E-state index contributed by atoms with van der Waals surface area (Å²) in [5.74, 6) is 1.15. The molecule has 5 nitrogen and oxygen atoms in total. The van der Waals surface area contributed by atoms with Gasteiger partial charge in [0.25, 0.3) is 0 Å². The van der Waals surface area contributed by atoms with Crippen molar-refractivity contribution in [3.8, 4) is 0 Å². The fraction of sp³-hybridized carbons (Fsp3) is 0.538. The van der Waals surface area contributed by atoms with Crippen LogP contribution < -0.4 is 10.6 Å². The van der Waals surface area contributed by atoms with Gasteiger partial charge in [-0.2, -0.15) is 9.61 Å². The SMILES string of the molecule is Cc1cc(N2CCCC2CCN)n2ncnc2c1. The maximum atomic E-state index is 5.71. The minimum atomic E-state index is 0.546. The molecule has 18 heavy (non-hydrogen) atoms. The predicted molar refractivity (Wildman–Crippen MR) is 71.8 cm³/mol. The van der Waals surface area contributed by atoms with Crippen molar-refractivity contribution in [3.63, 3.8) is 0 Å². The van der Waals surface area contributed by atoms with Gasteiger partial charge in [-0.05, 0) is 50.4 Å². The molecule has 1 saturated heterocycles. The van der Waals surface area contributed by atoms with Crippen LogP contribution in [0.4, 0.5) is 5.82 Å². The Kier molecular flexibility index (Phi) is 2.91. The highest BCUT2D eigenvalue weighted by molar-refractivity contribution is 5.53. The van der Waals surface area contributed by atoms with Crippen molar-refractivity contribution in [2.75, 3.05) is 18.0 Å². The molecule has 2 aromatic heterocycles. The Hall–Kier alpha value is -1.62. The smallest absolute Gasteiger partial charge is 0.157 e. The number of pyridine rings is 1. The number of nitrogens with zero attached hydrogens (tertiary/aromatic N) is 4. The first kappa shape index (κ1) is 11.5. The van der Waals surface area contributed by atoms with Gasteiger partial charge in [0, 0.05) is 12.6 Å². The molecule has 1 unspecified atom stereocenters. The largest absolute Gasteiger partial charge is 0.353 e. The van der Waals surface area contributed by atoms with Gasteiger partial charge in [0.05, 0.1) is 0 Å². The summed E-state index contributed by atoms with van der Waals surface area (Å²) in [5, 5.41) is 4.33. The Labute approximate surface area is 107 Å². The first-order chi connectivity index (χ1) is 8.79. The molecule has 0 aliphatic carbocycles. The summed E-state index contributed by atoms with van der Waals surface area (Å²) in [6.45, 7) is 3.93. The first-order valence-electron chi connectivity index (χ1n) is 6.56. The molecule has 0 bridgehead atoms. The van der Waals surface area contributed by atoms with E-state index in [2.05, 4.69) is 34.0 Å². The molecule has 0 aromatic carbocycles. The quantitative estimate of drug-likeness (QED) is 0.887. The van der Waals surface area contributed by atoms with Gasteiger partial charge < -0.3 is 10.6 Å². The van der Waals surface area contributed by atoms with Crippen LogP contribution >= 0.6 is 0 Å². The Balaban J connectivity index is 2.04. The minimum absolute atomic E-state index is 0.546. The van der Waals surface area contributed by atoms with E-state index < -0.39 is 0 Å². The summed E-state index contributed by atoms with van der Waals surface area (Å²) < 4.78 is 1.93. The summed E-state index contributed by atoms with van der Waals surface area (Å²) in [6.07, 6.45) is 5.12. The fourth-order valence-electron chi connectivity index (χ4n) is 2.87. The molecule has 5 heteroatoms. The van der Waals surface area contributed by atoms with Crippen LogP contribution in [0.25, 0.3) is 5.65 Å². The van der Waals surface area contributed by atoms with Gasteiger partial charge in [-0.1, -0.05) is 0 Å². The fourth-order valence-corrected chi connectivity index (χ4v) is 2.87. The Bertz CT molecular complexity index is 547. The standard InChI is InChI=1S/C13H19N5/c1-10-7-12-15-9-16-18(12)13(8-10)17-6-2-3-11(17)4-5-14/h7-9,11H,2-6,14H2,1H3. The lowest BCUT2D eigenvalue weighted by Gasteiger charge is -2.26. The molecule has 1 atom stereocenters. The Morgan fingerprint density at radius 1 is 1.44 bits per heavy atom. The molecule has 3 heterocycles. The number of anilines is 1. The van der Waals surface area contributed by atoms with Crippen LogP contribution in [-0.2, 0) is 0 Å². The van der Waals surface area contributed by atoms with Crippen molar-refractivity contribution in [3.05, 3.63) is 24.0 Å². The highest BCUT2D eigenvalue weighted by atomic mass is 15.4. The summed E-state index contributed by atoms with van der Waals surface area (Å²) in [7, 11) is 0. The minimum Gasteiger partial charge on any atom is -0.353 e. The topological polar surface area (TPSA) is 59.5 Å². The molecular weight excluding hydrogens is 226 g/mol. The lowest BCUT2D eigenvalue weighted by molar-refractivity contribution is 0.609. The highest BCUT2D eigenvalue weighted by Crippen LogP contribution is 2.28. The number of hydrogen-bond acceptors (Lipinski definition) is 4. The molecule has 2 N–H and O–H groups in total. The van der Waals surface area contributed by atoms with Crippen molar-refractivity contribution < 1.29 is 0 Å².